The number of aliphatic carboxylic acids is 1. The largest absolute Gasteiger partial charge is 0.481 e. The fourth-order valence-corrected chi connectivity index (χ4v) is 4.39. The molecule has 0 radical (unpaired) electrons. The molecule has 21 heavy (non-hydrogen) atoms. The van der Waals surface area contributed by atoms with Gasteiger partial charge in [0, 0.05) is 23.9 Å². The van der Waals surface area contributed by atoms with E-state index in [1.807, 2.05) is 13.0 Å². The summed E-state index contributed by atoms with van der Waals surface area (Å²) in [4.78, 5) is 26.5. The molecule has 1 N–H and O–H groups in total. The molecule has 2 atom stereocenters. The summed E-state index contributed by atoms with van der Waals surface area (Å²) in [7, 11) is 0. The number of rotatable bonds is 5. The number of halogens is 1. The predicted octanol–water partition coefficient (Wildman–Crippen LogP) is 3.55. The lowest BCUT2D eigenvalue weighted by atomic mass is 9.90. The third kappa shape index (κ3) is 4.30. The Morgan fingerprint density at radius 2 is 2.24 bits per heavy atom. The van der Waals surface area contributed by atoms with E-state index in [0.29, 0.717) is 19.4 Å². The van der Waals surface area contributed by atoms with Crippen LogP contribution in [0.25, 0.3) is 0 Å². The molecule has 0 aliphatic carbocycles. The number of amides is 1. The van der Waals surface area contributed by atoms with Crippen LogP contribution < -0.4 is 0 Å². The van der Waals surface area contributed by atoms with Gasteiger partial charge in [0.15, 0.2) is 0 Å². The lowest BCUT2D eigenvalue weighted by Crippen LogP contribution is -2.49. The van der Waals surface area contributed by atoms with Gasteiger partial charge in [-0.25, -0.2) is 0 Å². The lowest BCUT2D eigenvalue weighted by Gasteiger charge is -2.37. The SMILES string of the molecule is C[C@@H]1[C@H](C(=O)O)CCCN1C(=O)CCCc1ccc(Br)s1. The van der Waals surface area contributed by atoms with E-state index in [1.165, 1.54) is 4.88 Å². The van der Waals surface area contributed by atoms with Crippen LogP contribution in [0.1, 0.15) is 37.5 Å². The summed E-state index contributed by atoms with van der Waals surface area (Å²) in [6.45, 7) is 2.54. The molecular weight excluding hydrogens is 354 g/mol. The van der Waals surface area contributed by atoms with Crippen molar-refractivity contribution in [2.45, 2.75) is 45.1 Å². The summed E-state index contributed by atoms with van der Waals surface area (Å²) in [6, 6.07) is 3.90. The van der Waals surface area contributed by atoms with Crippen LogP contribution in [-0.4, -0.2) is 34.5 Å². The maximum Gasteiger partial charge on any atom is 0.308 e. The summed E-state index contributed by atoms with van der Waals surface area (Å²) in [5.41, 5.74) is 0. The first-order valence-corrected chi connectivity index (χ1v) is 8.86. The standard InChI is InChI=1S/C15H20BrNO3S/c1-10-12(15(19)20)5-3-9-17(10)14(18)6-2-4-11-7-8-13(16)21-11/h7-8,10,12H,2-6,9H2,1H3,(H,19,20)/t10-,12-/m1/s1. The molecule has 1 aliphatic rings. The van der Waals surface area contributed by atoms with Gasteiger partial charge in [-0.05, 0) is 60.7 Å². The van der Waals surface area contributed by atoms with Crippen LogP contribution >= 0.6 is 27.3 Å². The van der Waals surface area contributed by atoms with Crippen molar-refractivity contribution in [1.82, 2.24) is 4.90 Å². The van der Waals surface area contributed by atoms with Crippen LogP contribution in [0.15, 0.2) is 15.9 Å². The van der Waals surface area contributed by atoms with Gasteiger partial charge < -0.3 is 10.0 Å². The summed E-state index contributed by atoms with van der Waals surface area (Å²) < 4.78 is 1.11. The van der Waals surface area contributed by atoms with Crippen molar-refractivity contribution in [3.8, 4) is 0 Å². The van der Waals surface area contributed by atoms with Crippen LogP contribution in [-0.2, 0) is 16.0 Å². The third-order valence-corrected chi connectivity index (χ3v) is 5.75. The molecule has 2 heterocycles. The van der Waals surface area contributed by atoms with Crippen molar-refractivity contribution >= 4 is 39.1 Å². The topological polar surface area (TPSA) is 57.6 Å². The number of piperidine rings is 1. The normalized spacial score (nSPS) is 22.3. The molecule has 116 valence electrons. The van der Waals surface area contributed by atoms with Crippen molar-refractivity contribution in [2.24, 2.45) is 5.92 Å². The summed E-state index contributed by atoms with van der Waals surface area (Å²) in [5.74, 6) is -1.12. The van der Waals surface area contributed by atoms with E-state index in [2.05, 4.69) is 22.0 Å². The van der Waals surface area contributed by atoms with Crippen molar-refractivity contribution < 1.29 is 14.7 Å². The van der Waals surface area contributed by atoms with Crippen molar-refractivity contribution in [2.75, 3.05) is 6.54 Å². The highest BCUT2D eigenvalue weighted by Gasteiger charge is 2.34. The maximum atomic E-state index is 12.3. The molecule has 2 rings (SSSR count). The monoisotopic (exact) mass is 373 g/mol. The highest BCUT2D eigenvalue weighted by atomic mass is 79.9. The van der Waals surface area contributed by atoms with E-state index >= 15 is 0 Å². The second-order valence-corrected chi connectivity index (χ2v) is 8.02. The minimum absolute atomic E-state index is 0.0871. The second-order valence-electron chi connectivity index (χ2n) is 5.47. The molecule has 1 aliphatic heterocycles. The predicted molar refractivity (Wildman–Crippen MR) is 86.5 cm³/mol. The molecule has 1 aromatic rings. The number of carboxylic acid groups (broad SMARTS) is 1. The zero-order valence-corrected chi connectivity index (χ0v) is 14.5. The number of thiophene rings is 1. The number of likely N-dealkylation sites (tertiary alicyclic amines) is 1. The Hall–Kier alpha value is -0.880. The smallest absolute Gasteiger partial charge is 0.308 e. The summed E-state index contributed by atoms with van der Waals surface area (Å²) in [5, 5.41) is 9.19. The molecule has 0 spiro atoms. The van der Waals surface area contributed by atoms with Crippen molar-refractivity contribution in [3.05, 3.63) is 20.8 Å². The molecule has 0 saturated carbocycles. The zero-order chi connectivity index (χ0) is 15.4. The summed E-state index contributed by atoms with van der Waals surface area (Å²) >= 11 is 5.13. The van der Waals surface area contributed by atoms with Crippen LogP contribution in [0.3, 0.4) is 0 Å². The highest BCUT2D eigenvalue weighted by Crippen LogP contribution is 2.26. The number of carboxylic acids is 1. The quantitative estimate of drug-likeness (QED) is 0.858. The first-order chi connectivity index (χ1) is 9.99. The first-order valence-electron chi connectivity index (χ1n) is 7.25. The number of nitrogens with zero attached hydrogens (tertiary/aromatic N) is 1. The average Bonchev–Trinajstić information content (AvgIpc) is 2.84. The van der Waals surface area contributed by atoms with Gasteiger partial charge in [-0.1, -0.05) is 0 Å². The van der Waals surface area contributed by atoms with E-state index in [9.17, 15) is 14.7 Å². The lowest BCUT2D eigenvalue weighted by molar-refractivity contribution is -0.149. The molecule has 1 saturated heterocycles. The second kappa shape index (κ2) is 7.40. The van der Waals surface area contributed by atoms with Gasteiger partial charge in [0.2, 0.25) is 5.91 Å². The molecule has 0 aromatic carbocycles. The Morgan fingerprint density at radius 1 is 1.48 bits per heavy atom. The Labute approximate surface area is 137 Å². The minimum atomic E-state index is -0.788. The van der Waals surface area contributed by atoms with Gasteiger partial charge in [0.05, 0.1) is 9.70 Å². The number of carbonyl (C=O) groups is 2. The molecule has 0 unspecified atom stereocenters. The average molecular weight is 374 g/mol. The Bertz CT molecular complexity index is 517. The van der Waals surface area contributed by atoms with Crippen molar-refractivity contribution in [3.63, 3.8) is 0 Å². The Kier molecular flexibility index (Phi) is 5.81. The van der Waals surface area contributed by atoms with Crippen molar-refractivity contribution in [1.29, 1.82) is 0 Å². The first kappa shape index (κ1) is 16.5. The number of hydrogen-bond acceptors (Lipinski definition) is 3. The number of hydrogen-bond donors (Lipinski definition) is 1. The third-order valence-electron chi connectivity index (χ3n) is 4.07. The van der Waals surface area contributed by atoms with E-state index in [4.69, 9.17) is 0 Å². The van der Waals surface area contributed by atoms with Crippen LogP contribution in [0, 0.1) is 5.92 Å². The molecule has 1 amide bonds. The fourth-order valence-electron chi connectivity index (χ4n) is 2.87. The van der Waals surface area contributed by atoms with E-state index in [1.54, 1.807) is 16.2 Å². The van der Waals surface area contributed by atoms with Gasteiger partial charge in [0.1, 0.15) is 0 Å². The molecule has 6 heteroatoms. The molecule has 1 fully saturated rings. The molecule has 1 aromatic heterocycles. The highest BCUT2D eigenvalue weighted by molar-refractivity contribution is 9.11. The van der Waals surface area contributed by atoms with E-state index in [-0.39, 0.29) is 11.9 Å². The van der Waals surface area contributed by atoms with Crippen LogP contribution in [0.2, 0.25) is 0 Å². The maximum absolute atomic E-state index is 12.3. The van der Waals surface area contributed by atoms with E-state index < -0.39 is 11.9 Å². The van der Waals surface area contributed by atoms with Gasteiger partial charge in [-0.3, -0.25) is 9.59 Å². The molecular formula is C15H20BrNO3S. The van der Waals surface area contributed by atoms with Gasteiger partial charge in [-0.2, -0.15) is 0 Å². The Morgan fingerprint density at radius 3 is 2.86 bits per heavy atom. The Balaban J connectivity index is 1.83. The van der Waals surface area contributed by atoms with E-state index in [0.717, 1.165) is 23.0 Å². The minimum Gasteiger partial charge on any atom is -0.481 e. The van der Waals surface area contributed by atoms with Crippen LogP contribution in [0.5, 0.6) is 0 Å². The van der Waals surface area contributed by atoms with Gasteiger partial charge >= 0.3 is 5.97 Å². The number of carbonyl (C=O) groups excluding carboxylic acids is 1. The fraction of sp³-hybridized carbons (Fsp3) is 0.600. The van der Waals surface area contributed by atoms with Gasteiger partial charge in [-0.15, -0.1) is 11.3 Å². The van der Waals surface area contributed by atoms with Crippen LogP contribution in [0.4, 0.5) is 0 Å². The molecule has 4 nitrogen and oxygen atoms in total. The van der Waals surface area contributed by atoms with Gasteiger partial charge in [0.25, 0.3) is 0 Å². The zero-order valence-electron chi connectivity index (χ0n) is 12.0. The summed E-state index contributed by atoms with van der Waals surface area (Å²) in [6.07, 6.45) is 3.65. The number of aryl methyl sites for hydroxylation is 1. The molecule has 0 bridgehead atoms.